The van der Waals surface area contributed by atoms with Crippen molar-refractivity contribution in [3.05, 3.63) is 57.0 Å². The number of carbonyl (C=O) groups excluding carboxylic acids is 2. The van der Waals surface area contributed by atoms with E-state index < -0.39 is 0 Å². The third kappa shape index (κ3) is 5.33. The molecule has 0 fully saturated rings. The van der Waals surface area contributed by atoms with Crippen molar-refractivity contribution in [2.45, 2.75) is 46.1 Å². The Labute approximate surface area is 172 Å². The van der Waals surface area contributed by atoms with Crippen molar-refractivity contribution >= 4 is 34.4 Å². The van der Waals surface area contributed by atoms with E-state index >= 15 is 0 Å². The van der Waals surface area contributed by atoms with Crippen LogP contribution in [0.2, 0.25) is 0 Å². The largest absolute Gasteiger partial charge is 0.350 e. The molecule has 0 radical (unpaired) electrons. The number of benzene rings is 1. The molecule has 0 bridgehead atoms. The normalized spacial score (nSPS) is 12.0. The van der Waals surface area contributed by atoms with Gasteiger partial charge >= 0.3 is 0 Å². The molecule has 2 heterocycles. The predicted molar refractivity (Wildman–Crippen MR) is 114 cm³/mol. The van der Waals surface area contributed by atoms with Crippen molar-refractivity contribution in [1.29, 1.82) is 0 Å². The first kappa shape index (κ1) is 20.4. The third-order valence-corrected chi connectivity index (χ3v) is 6.29. The van der Waals surface area contributed by atoms with E-state index in [1.165, 1.54) is 11.3 Å². The number of Topliss-reactive ketones (excluding diaryl/α,β-unsaturated/α-hetero) is 1. The van der Waals surface area contributed by atoms with Crippen LogP contribution in [0.25, 0.3) is 10.6 Å². The van der Waals surface area contributed by atoms with Gasteiger partial charge in [0.05, 0.1) is 33.7 Å². The van der Waals surface area contributed by atoms with E-state index in [0.29, 0.717) is 0 Å². The maximum absolute atomic E-state index is 12.3. The Morgan fingerprint density at radius 1 is 1.11 bits per heavy atom. The summed E-state index contributed by atoms with van der Waals surface area (Å²) in [6, 6.07) is 9.71. The summed E-state index contributed by atoms with van der Waals surface area (Å²) in [4.78, 5) is 34.5. The maximum Gasteiger partial charge on any atom is 0.220 e. The highest BCUT2D eigenvalue weighted by molar-refractivity contribution is 7.16. The molecule has 5 nitrogen and oxygen atoms in total. The predicted octanol–water partition coefficient (Wildman–Crippen LogP) is 4.65. The fraction of sp³-hybridized carbons (Fsp3) is 0.333. The van der Waals surface area contributed by atoms with Gasteiger partial charge < -0.3 is 5.32 Å². The summed E-state index contributed by atoms with van der Waals surface area (Å²) in [5.74, 6) is -0.0825. The Bertz CT molecular complexity index is 963. The van der Waals surface area contributed by atoms with Crippen LogP contribution < -0.4 is 5.32 Å². The van der Waals surface area contributed by atoms with Gasteiger partial charge in [-0.1, -0.05) is 30.3 Å². The molecule has 0 aliphatic heterocycles. The SMILES string of the molecule is Cc1nc(C)c(-c2csc(CC(=O)CCC(=O)N[C@@H](C)c3ccccc3)n2)s1. The van der Waals surface area contributed by atoms with Crippen molar-refractivity contribution in [1.82, 2.24) is 15.3 Å². The van der Waals surface area contributed by atoms with Crippen LogP contribution in [0.15, 0.2) is 35.7 Å². The van der Waals surface area contributed by atoms with E-state index in [4.69, 9.17) is 0 Å². The van der Waals surface area contributed by atoms with E-state index in [0.717, 1.165) is 31.8 Å². The van der Waals surface area contributed by atoms with Gasteiger partial charge in [0.15, 0.2) is 0 Å². The zero-order valence-electron chi connectivity index (χ0n) is 16.2. The third-order valence-electron chi connectivity index (χ3n) is 4.34. The standard InChI is InChI=1S/C21H23N3O2S2/c1-13(16-7-5-4-6-8-16)23-19(26)10-9-17(25)11-20-24-18(12-27-20)21-14(2)22-15(3)28-21/h4-8,12-13H,9-11H2,1-3H3,(H,23,26)/t13-/m0/s1. The molecule has 1 atom stereocenters. The van der Waals surface area contributed by atoms with Crippen LogP contribution in [-0.4, -0.2) is 21.7 Å². The molecule has 0 saturated carbocycles. The van der Waals surface area contributed by atoms with Gasteiger partial charge in [0.25, 0.3) is 0 Å². The number of aromatic nitrogens is 2. The molecule has 2 aromatic heterocycles. The molecule has 0 saturated heterocycles. The minimum atomic E-state index is -0.111. The monoisotopic (exact) mass is 413 g/mol. The Morgan fingerprint density at radius 2 is 1.86 bits per heavy atom. The lowest BCUT2D eigenvalue weighted by molar-refractivity contribution is -0.125. The highest BCUT2D eigenvalue weighted by Crippen LogP contribution is 2.30. The first-order valence-electron chi connectivity index (χ1n) is 9.17. The van der Waals surface area contributed by atoms with E-state index in [2.05, 4.69) is 15.3 Å². The second kappa shape index (κ2) is 9.21. The summed E-state index contributed by atoms with van der Waals surface area (Å²) in [7, 11) is 0. The molecule has 0 unspecified atom stereocenters. The van der Waals surface area contributed by atoms with Gasteiger partial charge in [0, 0.05) is 18.2 Å². The van der Waals surface area contributed by atoms with Crippen molar-refractivity contribution in [3.8, 4) is 10.6 Å². The number of nitrogens with one attached hydrogen (secondary N) is 1. The highest BCUT2D eigenvalue weighted by atomic mass is 32.1. The van der Waals surface area contributed by atoms with Crippen LogP contribution in [0.5, 0.6) is 0 Å². The Balaban J connectivity index is 1.48. The van der Waals surface area contributed by atoms with Gasteiger partial charge in [-0.25, -0.2) is 9.97 Å². The van der Waals surface area contributed by atoms with Crippen LogP contribution >= 0.6 is 22.7 Å². The lowest BCUT2D eigenvalue weighted by Crippen LogP contribution is -2.27. The molecule has 0 aliphatic rings. The Kier molecular flexibility index (Phi) is 6.70. The first-order chi connectivity index (χ1) is 13.4. The summed E-state index contributed by atoms with van der Waals surface area (Å²) < 4.78 is 0. The van der Waals surface area contributed by atoms with Gasteiger partial charge in [0.1, 0.15) is 10.8 Å². The van der Waals surface area contributed by atoms with E-state index in [1.54, 1.807) is 11.3 Å². The molecule has 146 valence electrons. The van der Waals surface area contributed by atoms with Gasteiger partial charge in [0.2, 0.25) is 5.91 Å². The molecule has 7 heteroatoms. The van der Waals surface area contributed by atoms with Crippen molar-refractivity contribution < 1.29 is 9.59 Å². The molecule has 0 aliphatic carbocycles. The van der Waals surface area contributed by atoms with Crippen LogP contribution in [0, 0.1) is 13.8 Å². The molecular weight excluding hydrogens is 390 g/mol. The molecule has 28 heavy (non-hydrogen) atoms. The van der Waals surface area contributed by atoms with Crippen LogP contribution in [0.3, 0.4) is 0 Å². The van der Waals surface area contributed by atoms with Crippen molar-refractivity contribution in [2.75, 3.05) is 0 Å². The molecule has 1 N–H and O–H groups in total. The van der Waals surface area contributed by atoms with E-state index in [1.807, 2.05) is 56.5 Å². The van der Waals surface area contributed by atoms with E-state index in [9.17, 15) is 9.59 Å². The average molecular weight is 414 g/mol. The number of hydrogen-bond acceptors (Lipinski definition) is 6. The number of nitrogens with zero attached hydrogens (tertiary/aromatic N) is 2. The molecular formula is C21H23N3O2S2. The van der Waals surface area contributed by atoms with E-state index in [-0.39, 0.29) is 37.0 Å². The summed E-state index contributed by atoms with van der Waals surface area (Å²) >= 11 is 3.09. The zero-order valence-corrected chi connectivity index (χ0v) is 17.8. The number of rotatable bonds is 8. The topological polar surface area (TPSA) is 72.0 Å². The van der Waals surface area contributed by atoms with Gasteiger partial charge in [-0.15, -0.1) is 22.7 Å². The summed E-state index contributed by atoms with van der Waals surface area (Å²) in [6.45, 7) is 5.88. The van der Waals surface area contributed by atoms with Crippen LogP contribution in [-0.2, 0) is 16.0 Å². The average Bonchev–Trinajstić information content (AvgIpc) is 3.26. The minimum absolute atomic E-state index is 0.0284. The number of ketones is 1. The quantitative estimate of drug-likeness (QED) is 0.583. The number of aryl methyl sites for hydroxylation is 2. The second-order valence-corrected chi connectivity index (χ2v) is 8.84. The number of carbonyl (C=O) groups is 2. The summed E-state index contributed by atoms with van der Waals surface area (Å²) in [5, 5.41) is 6.70. The Hall–Kier alpha value is -2.38. The number of thiazole rings is 2. The highest BCUT2D eigenvalue weighted by Gasteiger charge is 2.15. The fourth-order valence-corrected chi connectivity index (χ4v) is 4.68. The number of hydrogen-bond donors (Lipinski definition) is 1. The molecule has 1 aromatic carbocycles. The summed E-state index contributed by atoms with van der Waals surface area (Å²) in [5.41, 5.74) is 2.89. The fourth-order valence-electron chi connectivity index (χ4n) is 2.91. The molecule has 1 amide bonds. The van der Waals surface area contributed by atoms with Gasteiger partial charge in [-0.3, -0.25) is 9.59 Å². The lowest BCUT2D eigenvalue weighted by Gasteiger charge is -2.14. The molecule has 0 spiro atoms. The van der Waals surface area contributed by atoms with Crippen LogP contribution in [0.1, 0.15) is 47.1 Å². The van der Waals surface area contributed by atoms with Crippen molar-refractivity contribution in [3.63, 3.8) is 0 Å². The van der Waals surface area contributed by atoms with Crippen molar-refractivity contribution in [2.24, 2.45) is 0 Å². The van der Waals surface area contributed by atoms with Gasteiger partial charge in [-0.05, 0) is 26.3 Å². The first-order valence-corrected chi connectivity index (χ1v) is 10.9. The van der Waals surface area contributed by atoms with Crippen LogP contribution in [0.4, 0.5) is 0 Å². The Morgan fingerprint density at radius 3 is 2.54 bits per heavy atom. The number of amides is 1. The molecule has 3 rings (SSSR count). The zero-order chi connectivity index (χ0) is 20.1. The second-order valence-electron chi connectivity index (χ2n) is 6.69. The lowest BCUT2D eigenvalue weighted by atomic mass is 10.1. The van der Waals surface area contributed by atoms with Gasteiger partial charge in [-0.2, -0.15) is 0 Å². The minimum Gasteiger partial charge on any atom is -0.350 e. The maximum atomic E-state index is 12.3. The smallest absolute Gasteiger partial charge is 0.220 e. The summed E-state index contributed by atoms with van der Waals surface area (Å²) in [6.07, 6.45) is 0.686. The molecule has 3 aromatic rings.